The van der Waals surface area contributed by atoms with Gasteiger partial charge in [0.25, 0.3) is 0 Å². The predicted octanol–water partition coefficient (Wildman–Crippen LogP) is 0.941. The minimum absolute atomic E-state index is 0.511. The second kappa shape index (κ2) is 3.92. The van der Waals surface area contributed by atoms with Crippen LogP contribution >= 0.6 is 0 Å². The maximum absolute atomic E-state index is 3.38. The molecule has 0 atom stereocenters. The summed E-state index contributed by atoms with van der Waals surface area (Å²) in [7, 11) is 0. The Hall–Kier alpha value is -0.520. The summed E-state index contributed by atoms with van der Waals surface area (Å²) in [5.41, 5.74) is 0.625. The van der Waals surface area contributed by atoms with Gasteiger partial charge < -0.3 is 5.32 Å². The first-order chi connectivity index (χ1) is 6.70. The molecule has 0 aromatic carbocycles. The zero-order valence-corrected chi connectivity index (χ0v) is 9.27. The molecule has 0 amide bonds. The molecule has 0 saturated carbocycles. The van der Waals surface area contributed by atoms with Gasteiger partial charge in [-0.15, -0.1) is 0 Å². The summed E-state index contributed by atoms with van der Waals surface area (Å²) in [6.45, 7) is 10.2. The van der Waals surface area contributed by atoms with Gasteiger partial charge in [-0.1, -0.05) is 25.7 Å². The molecular formula is C12H20N2. The van der Waals surface area contributed by atoms with Crippen LogP contribution in [0.25, 0.3) is 0 Å². The fourth-order valence-electron chi connectivity index (χ4n) is 2.29. The maximum atomic E-state index is 3.38. The Bertz CT molecular complexity index is 255. The van der Waals surface area contributed by atoms with E-state index in [2.05, 4.69) is 35.9 Å². The lowest BCUT2D eigenvalue weighted by molar-refractivity contribution is 0.174. The zero-order chi connectivity index (χ0) is 10.0. The van der Waals surface area contributed by atoms with Crippen LogP contribution < -0.4 is 5.32 Å². The van der Waals surface area contributed by atoms with Gasteiger partial charge in [-0.25, -0.2) is 0 Å². The van der Waals surface area contributed by atoms with E-state index in [1.165, 1.54) is 32.6 Å². The summed E-state index contributed by atoms with van der Waals surface area (Å²) in [6, 6.07) is 0. The van der Waals surface area contributed by atoms with Crippen molar-refractivity contribution < 1.29 is 0 Å². The second-order valence-corrected chi connectivity index (χ2v) is 5.04. The van der Waals surface area contributed by atoms with Gasteiger partial charge in [0.05, 0.1) is 6.54 Å². The molecule has 2 aliphatic heterocycles. The van der Waals surface area contributed by atoms with Crippen molar-refractivity contribution in [2.24, 2.45) is 11.3 Å². The number of nitrogens with one attached hydrogen (secondary N) is 1. The molecular weight excluding hydrogens is 172 g/mol. The van der Waals surface area contributed by atoms with E-state index in [4.69, 9.17) is 0 Å². The largest absolute Gasteiger partial charge is 0.315 e. The Morgan fingerprint density at radius 2 is 2.21 bits per heavy atom. The van der Waals surface area contributed by atoms with E-state index in [0.29, 0.717) is 11.3 Å². The molecule has 0 aromatic rings. The van der Waals surface area contributed by atoms with Crippen LogP contribution in [0.5, 0.6) is 0 Å². The van der Waals surface area contributed by atoms with Gasteiger partial charge in [-0.2, -0.15) is 0 Å². The van der Waals surface area contributed by atoms with Crippen molar-refractivity contribution in [3.63, 3.8) is 0 Å². The van der Waals surface area contributed by atoms with Gasteiger partial charge in [-0.05, 0) is 13.0 Å². The van der Waals surface area contributed by atoms with E-state index < -0.39 is 0 Å². The Morgan fingerprint density at radius 3 is 2.71 bits per heavy atom. The average Bonchev–Trinajstić information content (AvgIpc) is 2.47. The van der Waals surface area contributed by atoms with Crippen LogP contribution in [-0.4, -0.2) is 37.6 Å². The first kappa shape index (κ1) is 10.0. The van der Waals surface area contributed by atoms with Crippen LogP contribution in [0.3, 0.4) is 0 Å². The number of hydrogen-bond donors (Lipinski definition) is 1. The van der Waals surface area contributed by atoms with Crippen molar-refractivity contribution in [2.45, 2.75) is 20.3 Å². The number of rotatable bonds is 1. The van der Waals surface area contributed by atoms with Crippen molar-refractivity contribution in [1.82, 2.24) is 10.2 Å². The maximum Gasteiger partial charge on any atom is 0.0601 e. The van der Waals surface area contributed by atoms with E-state index in [1.54, 1.807) is 0 Å². The Kier molecular flexibility index (Phi) is 2.80. The lowest BCUT2D eigenvalue weighted by Crippen LogP contribution is -2.54. The van der Waals surface area contributed by atoms with Gasteiger partial charge in [0.1, 0.15) is 0 Å². The minimum Gasteiger partial charge on any atom is -0.315 e. The molecule has 2 heteroatoms. The van der Waals surface area contributed by atoms with Crippen molar-refractivity contribution in [3.8, 4) is 11.8 Å². The highest BCUT2D eigenvalue weighted by atomic mass is 15.2. The molecule has 0 bridgehead atoms. The highest BCUT2D eigenvalue weighted by Crippen LogP contribution is 2.33. The molecule has 0 aromatic heterocycles. The topological polar surface area (TPSA) is 15.3 Å². The molecule has 2 fully saturated rings. The number of nitrogens with zero attached hydrogens (tertiary/aromatic N) is 1. The third-order valence-electron chi connectivity index (χ3n) is 3.21. The molecule has 1 spiro atoms. The van der Waals surface area contributed by atoms with E-state index in [9.17, 15) is 0 Å². The van der Waals surface area contributed by atoms with Gasteiger partial charge in [0, 0.05) is 31.0 Å². The third kappa shape index (κ3) is 2.10. The Balaban J connectivity index is 1.77. The Morgan fingerprint density at radius 1 is 1.43 bits per heavy atom. The van der Waals surface area contributed by atoms with E-state index in [1.807, 2.05) is 0 Å². The first-order valence-electron chi connectivity index (χ1n) is 5.62. The predicted molar refractivity (Wildman–Crippen MR) is 59.0 cm³/mol. The summed E-state index contributed by atoms with van der Waals surface area (Å²) >= 11 is 0. The number of hydrogen-bond acceptors (Lipinski definition) is 2. The molecule has 78 valence electrons. The molecule has 2 rings (SSSR count). The quantitative estimate of drug-likeness (QED) is 0.622. The summed E-state index contributed by atoms with van der Waals surface area (Å²) in [5.74, 6) is 7.01. The van der Waals surface area contributed by atoms with E-state index in [-0.39, 0.29) is 0 Å². The summed E-state index contributed by atoms with van der Waals surface area (Å²) in [5, 5.41) is 3.38. The van der Waals surface area contributed by atoms with E-state index in [0.717, 1.165) is 6.54 Å². The molecule has 0 unspecified atom stereocenters. The van der Waals surface area contributed by atoms with Gasteiger partial charge in [0.15, 0.2) is 0 Å². The van der Waals surface area contributed by atoms with Crippen LogP contribution in [0, 0.1) is 23.2 Å². The lowest BCUT2D eigenvalue weighted by Gasteiger charge is -2.39. The molecule has 0 aliphatic carbocycles. The molecule has 1 N–H and O–H groups in total. The standard InChI is InChI=1S/C12H20N2/c1-11(2)4-3-6-14-7-5-12(10-14)8-13-9-12/h11,13H,5-10H2,1-2H3. The van der Waals surface area contributed by atoms with E-state index >= 15 is 0 Å². The summed E-state index contributed by atoms with van der Waals surface area (Å²) in [6.07, 6.45) is 1.36. The van der Waals surface area contributed by atoms with Gasteiger partial charge in [-0.3, -0.25) is 4.90 Å². The highest BCUT2D eigenvalue weighted by Gasteiger charge is 2.42. The van der Waals surface area contributed by atoms with Crippen molar-refractivity contribution in [1.29, 1.82) is 0 Å². The first-order valence-corrected chi connectivity index (χ1v) is 5.62. The molecule has 2 saturated heterocycles. The van der Waals surface area contributed by atoms with Gasteiger partial charge in [0.2, 0.25) is 0 Å². The van der Waals surface area contributed by atoms with Gasteiger partial charge >= 0.3 is 0 Å². The zero-order valence-electron chi connectivity index (χ0n) is 9.27. The average molecular weight is 192 g/mol. The smallest absolute Gasteiger partial charge is 0.0601 e. The molecule has 0 radical (unpaired) electrons. The van der Waals surface area contributed by atoms with Crippen molar-refractivity contribution in [2.75, 3.05) is 32.7 Å². The minimum atomic E-state index is 0.511. The van der Waals surface area contributed by atoms with Crippen molar-refractivity contribution >= 4 is 0 Å². The van der Waals surface area contributed by atoms with Crippen LogP contribution in [-0.2, 0) is 0 Å². The fourth-order valence-corrected chi connectivity index (χ4v) is 2.29. The van der Waals surface area contributed by atoms with Crippen LogP contribution in [0.1, 0.15) is 20.3 Å². The fraction of sp³-hybridized carbons (Fsp3) is 0.833. The van der Waals surface area contributed by atoms with Crippen LogP contribution in [0.15, 0.2) is 0 Å². The van der Waals surface area contributed by atoms with Crippen LogP contribution in [0.4, 0.5) is 0 Å². The summed E-state index contributed by atoms with van der Waals surface area (Å²) in [4.78, 5) is 2.50. The summed E-state index contributed by atoms with van der Waals surface area (Å²) < 4.78 is 0. The van der Waals surface area contributed by atoms with Crippen molar-refractivity contribution in [3.05, 3.63) is 0 Å². The normalized spacial score (nSPS) is 24.8. The molecule has 2 aliphatic rings. The lowest BCUT2D eigenvalue weighted by atomic mass is 9.81. The Labute approximate surface area is 87.1 Å². The highest BCUT2D eigenvalue weighted by molar-refractivity contribution is 5.06. The van der Waals surface area contributed by atoms with Crippen LogP contribution in [0.2, 0.25) is 0 Å². The number of likely N-dealkylation sites (tertiary alicyclic amines) is 1. The SMILES string of the molecule is CC(C)C#CCN1CCC2(CNC2)C1. The third-order valence-corrected chi connectivity index (χ3v) is 3.21. The monoisotopic (exact) mass is 192 g/mol. The molecule has 14 heavy (non-hydrogen) atoms. The second-order valence-electron chi connectivity index (χ2n) is 5.04. The molecule has 2 nitrogen and oxygen atoms in total. The molecule has 2 heterocycles.